The first-order valence-corrected chi connectivity index (χ1v) is 11.9. The molecule has 3 aromatic heterocycles. The molecule has 0 saturated carbocycles. The fraction of sp³-hybridized carbons (Fsp3) is 0. The standard InChI is InChI=1S/C27H16ClN3O3S/c28-18-10-12-23-17(14-18)15-24(34-23)26-30-22-9-5-4-8-21(22)27(32)31(26)29-16-19-11-13-25(33-19)35-20-6-2-1-3-7-20/h1-16H. The van der Waals surface area contributed by atoms with E-state index in [4.69, 9.17) is 20.4 Å². The van der Waals surface area contributed by atoms with Gasteiger partial charge in [-0.25, -0.2) is 4.98 Å². The Kier molecular flexibility index (Phi) is 5.48. The zero-order valence-electron chi connectivity index (χ0n) is 18.1. The number of hydrogen-bond donors (Lipinski definition) is 0. The van der Waals surface area contributed by atoms with Crippen molar-refractivity contribution in [3.05, 3.63) is 112 Å². The normalized spacial score (nSPS) is 11.7. The Morgan fingerprint density at radius 2 is 1.74 bits per heavy atom. The molecule has 0 atom stereocenters. The Labute approximate surface area is 208 Å². The second kappa shape index (κ2) is 8.94. The van der Waals surface area contributed by atoms with E-state index in [2.05, 4.69) is 10.1 Å². The zero-order valence-corrected chi connectivity index (χ0v) is 19.7. The summed E-state index contributed by atoms with van der Waals surface area (Å²) >= 11 is 7.63. The predicted octanol–water partition coefficient (Wildman–Crippen LogP) is 7.09. The summed E-state index contributed by atoms with van der Waals surface area (Å²) in [6.45, 7) is 0. The smallest absolute Gasteiger partial charge is 0.282 e. The topological polar surface area (TPSA) is 73.5 Å². The van der Waals surface area contributed by atoms with Crippen LogP contribution in [0, 0.1) is 0 Å². The molecule has 35 heavy (non-hydrogen) atoms. The number of fused-ring (bicyclic) bond motifs is 2. The highest BCUT2D eigenvalue weighted by molar-refractivity contribution is 7.99. The number of hydrogen-bond acceptors (Lipinski definition) is 6. The van der Waals surface area contributed by atoms with Crippen LogP contribution in [0.1, 0.15) is 5.76 Å². The maximum atomic E-state index is 13.4. The molecule has 8 heteroatoms. The average molecular weight is 498 g/mol. The summed E-state index contributed by atoms with van der Waals surface area (Å²) < 4.78 is 13.1. The third-order valence-corrected chi connectivity index (χ3v) is 6.48. The summed E-state index contributed by atoms with van der Waals surface area (Å²) in [6.07, 6.45) is 1.50. The monoisotopic (exact) mass is 497 g/mol. The van der Waals surface area contributed by atoms with E-state index in [0.29, 0.717) is 33.0 Å². The van der Waals surface area contributed by atoms with Crippen molar-refractivity contribution in [3.8, 4) is 11.6 Å². The van der Waals surface area contributed by atoms with Crippen LogP contribution in [-0.2, 0) is 0 Å². The molecule has 0 aliphatic heterocycles. The lowest BCUT2D eigenvalue weighted by molar-refractivity contribution is 0.468. The molecule has 6 aromatic rings. The molecule has 0 unspecified atom stereocenters. The highest BCUT2D eigenvalue weighted by Gasteiger charge is 2.16. The maximum absolute atomic E-state index is 13.4. The van der Waals surface area contributed by atoms with Crippen LogP contribution in [0.15, 0.2) is 120 Å². The molecule has 0 radical (unpaired) electrons. The van der Waals surface area contributed by atoms with E-state index in [1.807, 2.05) is 42.5 Å². The molecule has 3 aromatic carbocycles. The molecule has 0 spiro atoms. The molecule has 0 saturated heterocycles. The van der Waals surface area contributed by atoms with E-state index in [1.165, 1.54) is 22.7 Å². The molecule has 0 fully saturated rings. The minimum Gasteiger partial charge on any atom is -0.453 e. The van der Waals surface area contributed by atoms with Gasteiger partial charge >= 0.3 is 0 Å². The van der Waals surface area contributed by atoms with E-state index in [9.17, 15) is 4.79 Å². The molecule has 170 valence electrons. The molecule has 0 aliphatic carbocycles. The van der Waals surface area contributed by atoms with Crippen LogP contribution in [-0.4, -0.2) is 15.9 Å². The maximum Gasteiger partial charge on any atom is 0.282 e. The number of aromatic nitrogens is 2. The van der Waals surface area contributed by atoms with Gasteiger partial charge in [0.1, 0.15) is 11.3 Å². The largest absolute Gasteiger partial charge is 0.453 e. The first-order valence-electron chi connectivity index (χ1n) is 10.7. The highest BCUT2D eigenvalue weighted by atomic mass is 35.5. The van der Waals surface area contributed by atoms with Crippen molar-refractivity contribution in [1.82, 2.24) is 9.66 Å². The van der Waals surface area contributed by atoms with Gasteiger partial charge in [-0.3, -0.25) is 4.79 Å². The summed E-state index contributed by atoms with van der Waals surface area (Å²) in [6, 6.07) is 27.9. The van der Waals surface area contributed by atoms with Crippen LogP contribution >= 0.6 is 23.4 Å². The summed E-state index contributed by atoms with van der Waals surface area (Å²) in [4.78, 5) is 19.1. The van der Waals surface area contributed by atoms with E-state index < -0.39 is 0 Å². The SMILES string of the molecule is O=c1c2ccccc2nc(-c2cc3cc(Cl)ccc3o2)n1N=Cc1ccc(Sc2ccccc2)o1. The van der Waals surface area contributed by atoms with Crippen LogP contribution in [0.2, 0.25) is 5.02 Å². The molecule has 0 amide bonds. The third-order valence-electron chi connectivity index (χ3n) is 5.32. The first kappa shape index (κ1) is 21.5. The average Bonchev–Trinajstić information content (AvgIpc) is 3.50. The van der Waals surface area contributed by atoms with Gasteiger partial charge < -0.3 is 8.83 Å². The zero-order chi connectivity index (χ0) is 23.8. The van der Waals surface area contributed by atoms with Gasteiger partial charge in [0.25, 0.3) is 5.56 Å². The number of furan rings is 2. The van der Waals surface area contributed by atoms with Crippen molar-refractivity contribution < 1.29 is 8.83 Å². The minimum absolute atomic E-state index is 0.280. The van der Waals surface area contributed by atoms with Crippen molar-refractivity contribution >= 4 is 51.4 Å². The lowest BCUT2D eigenvalue weighted by Gasteiger charge is -2.06. The number of nitrogens with zero attached hydrogens (tertiary/aromatic N) is 3. The number of halogens is 1. The van der Waals surface area contributed by atoms with Crippen molar-refractivity contribution in [2.75, 3.05) is 0 Å². The van der Waals surface area contributed by atoms with Crippen LogP contribution in [0.4, 0.5) is 0 Å². The third kappa shape index (κ3) is 4.27. The Morgan fingerprint density at radius 3 is 2.63 bits per heavy atom. The lowest BCUT2D eigenvalue weighted by Crippen LogP contribution is -2.20. The van der Waals surface area contributed by atoms with Gasteiger partial charge in [0.05, 0.1) is 17.1 Å². The predicted molar refractivity (Wildman–Crippen MR) is 138 cm³/mol. The van der Waals surface area contributed by atoms with Gasteiger partial charge in [-0.05, 0) is 60.7 Å². The van der Waals surface area contributed by atoms with Crippen LogP contribution < -0.4 is 5.56 Å². The summed E-state index contributed by atoms with van der Waals surface area (Å²) in [5, 5.41) is 7.00. The fourth-order valence-corrected chi connectivity index (χ4v) is 4.67. The van der Waals surface area contributed by atoms with E-state index in [0.717, 1.165) is 15.4 Å². The van der Waals surface area contributed by atoms with Crippen molar-refractivity contribution in [1.29, 1.82) is 0 Å². The molecular weight excluding hydrogens is 482 g/mol. The van der Waals surface area contributed by atoms with Crippen molar-refractivity contribution in [2.24, 2.45) is 5.10 Å². The first-order chi connectivity index (χ1) is 17.1. The molecule has 3 heterocycles. The van der Waals surface area contributed by atoms with Crippen molar-refractivity contribution in [3.63, 3.8) is 0 Å². The second-order valence-corrected chi connectivity index (χ2v) is 9.19. The summed E-state index contributed by atoms with van der Waals surface area (Å²) in [5.74, 6) is 1.19. The molecule has 0 aliphatic rings. The van der Waals surface area contributed by atoms with Gasteiger partial charge in [0.15, 0.2) is 10.9 Å². The molecule has 0 bridgehead atoms. The van der Waals surface area contributed by atoms with Crippen LogP contribution in [0.3, 0.4) is 0 Å². The van der Waals surface area contributed by atoms with E-state index >= 15 is 0 Å². The molecule has 6 nitrogen and oxygen atoms in total. The Bertz CT molecular complexity index is 1770. The fourth-order valence-electron chi connectivity index (χ4n) is 3.69. The minimum atomic E-state index is -0.314. The summed E-state index contributed by atoms with van der Waals surface area (Å²) in [7, 11) is 0. The Hall–Kier alpha value is -4.07. The number of benzene rings is 3. The van der Waals surface area contributed by atoms with Gasteiger partial charge in [-0.2, -0.15) is 9.78 Å². The number of rotatable bonds is 5. The van der Waals surface area contributed by atoms with Gasteiger partial charge in [0.2, 0.25) is 5.82 Å². The van der Waals surface area contributed by atoms with Gasteiger partial charge in [-0.1, -0.05) is 53.7 Å². The van der Waals surface area contributed by atoms with Gasteiger partial charge in [0, 0.05) is 15.3 Å². The molecule has 6 rings (SSSR count). The Balaban J connectivity index is 1.43. The highest BCUT2D eigenvalue weighted by Crippen LogP contribution is 2.30. The molecule has 0 N–H and O–H groups in total. The van der Waals surface area contributed by atoms with Gasteiger partial charge in [-0.15, -0.1) is 0 Å². The van der Waals surface area contributed by atoms with Crippen LogP contribution in [0.25, 0.3) is 33.5 Å². The van der Waals surface area contributed by atoms with Crippen molar-refractivity contribution in [2.45, 2.75) is 9.99 Å². The van der Waals surface area contributed by atoms with E-state index in [-0.39, 0.29) is 11.4 Å². The Morgan fingerprint density at radius 1 is 0.914 bits per heavy atom. The molecular formula is C27H16ClN3O3S. The quantitative estimate of drug-likeness (QED) is 0.238. The van der Waals surface area contributed by atoms with Crippen LogP contribution in [0.5, 0.6) is 0 Å². The summed E-state index contributed by atoms with van der Waals surface area (Å²) in [5.41, 5.74) is 0.874. The number of para-hydroxylation sites is 1. The van der Waals surface area contributed by atoms with E-state index in [1.54, 1.807) is 48.5 Å². The lowest BCUT2D eigenvalue weighted by atomic mass is 10.2. The second-order valence-electron chi connectivity index (χ2n) is 7.68.